The third-order valence-electron chi connectivity index (χ3n) is 5.73. The SMILES string of the molecule is CCNC(=NCc1ccn(-c2ccc(OC)cc2)n1)N1CCC(N2CCOCC2)C1. The molecule has 1 aromatic carbocycles. The Morgan fingerprint density at radius 1 is 1.20 bits per heavy atom. The minimum absolute atomic E-state index is 0.560. The summed E-state index contributed by atoms with van der Waals surface area (Å²) in [6.45, 7) is 9.36. The highest BCUT2D eigenvalue weighted by Crippen LogP contribution is 2.18. The molecule has 2 aliphatic rings. The van der Waals surface area contributed by atoms with Crippen molar-refractivity contribution in [2.45, 2.75) is 25.9 Å². The molecule has 8 heteroatoms. The lowest BCUT2D eigenvalue weighted by Crippen LogP contribution is -2.46. The van der Waals surface area contributed by atoms with Crippen LogP contribution in [0.5, 0.6) is 5.75 Å². The fraction of sp³-hybridized carbons (Fsp3) is 0.545. The monoisotopic (exact) mass is 412 g/mol. The van der Waals surface area contributed by atoms with Gasteiger partial charge in [-0.3, -0.25) is 4.90 Å². The maximum absolute atomic E-state index is 5.50. The van der Waals surface area contributed by atoms with Crippen LogP contribution in [0, 0.1) is 0 Å². The van der Waals surface area contributed by atoms with E-state index in [0.717, 1.165) is 69.0 Å². The smallest absolute Gasteiger partial charge is 0.194 e. The first-order valence-electron chi connectivity index (χ1n) is 10.8. The zero-order valence-electron chi connectivity index (χ0n) is 18.0. The van der Waals surface area contributed by atoms with Gasteiger partial charge in [-0.25, -0.2) is 9.67 Å². The van der Waals surface area contributed by atoms with E-state index < -0.39 is 0 Å². The molecule has 1 N–H and O–H groups in total. The Balaban J connectivity index is 1.38. The van der Waals surface area contributed by atoms with Crippen molar-refractivity contribution in [1.82, 2.24) is 24.9 Å². The van der Waals surface area contributed by atoms with Crippen LogP contribution >= 0.6 is 0 Å². The van der Waals surface area contributed by atoms with Crippen LogP contribution in [0.1, 0.15) is 19.0 Å². The van der Waals surface area contributed by atoms with Gasteiger partial charge in [-0.2, -0.15) is 5.10 Å². The van der Waals surface area contributed by atoms with E-state index in [1.165, 1.54) is 6.42 Å². The van der Waals surface area contributed by atoms with Crippen molar-refractivity contribution in [2.24, 2.45) is 4.99 Å². The molecular formula is C22H32N6O2. The highest BCUT2D eigenvalue weighted by molar-refractivity contribution is 5.80. The molecule has 0 radical (unpaired) electrons. The first kappa shape index (κ1) is 20.7. The second-order valence-corrected chi connectivity index (χ2v) is 7.66. The Kier molecular flexibility index (Phi) is 6.86. The Labute approximate surface area is 178 Å². The number of nitrogens with zero attached hydrogens (tertiary/aromatic N) is 5. The van der Waals surface area contributed by atoms with Crippen LogP contribution in [0.4, 0.5) is 0 Å². The molecular weight excluding hydrogens is 380 g/mol. The van der Waals surface area contributed by atoms with Gasteiger partial charge in [-0.1, -0.05) is 0 Å². The average Bonchev–Trinajstić information content (AvgIpc) is 3.47. The zero-order chi connectivity index (χ0) is 20.8. The predicted molar refractivity (Wildman–Crippen MR) is 117 cm³/mol. The molecule has 0 saturated carbocycles. The van der Waals surface area contributed by atoms with E-state index in [2.05, 4.69) is 27.1 Å². The van der Waals surface area contributed by atoms with Gasteiger partial charge in [0, 0.05) is 45.0 Å². The van der Waals surface area contributed by atoms with Gasteiger partial charge in [0.05, 0.1) is 38.2 Å². The molecule has 2 saturated heterocycles. The van der Waals surface area contributed by atoms with Crippen molar-refractivity contribution in [1.29, 1.82) is 0 Å². The van der Waals surface area contributed by atoms with Crippen molar-refractivity contribution in [3.05, 3.63) is 42.2 Å². The van der Waals surface area contributed by atoms with Crippen LogP contribution in [0.25, 0.3) is 5.69 Å². The first-order valence-corrected chi connectivity index (χ1v) is 10.8. The van der Waals surface area contributed by atoms with E-state index in [4.69, 9.17) is 14.5 Å². The number of hydrogen-bond acceptors (Lipinski definition) is 5. The van der Waals surface area contributed by atoms with Gasteiger partial charge in [-0.05, 0) is 43.7 Å². The van der Waals surface area contributed by atoms with Gasteiger partial charge >= 0.3 is 0 Å². The predicted octanol–water partition coefficient (Wildman–Crippen LogP) is 1.75. The average molecular weight is 413 g/mol. The fourth-order valence-corrected chi connectivity index (χ4v) is 4.08. The molecule has 0 spiro atoms. The molecule has 30 heavy (non-hydrogen) atoms. The normalized spacial score (nSPS) is 20.5. The number of methoxy groups -OCH3 is 1. The molecule has 0 amide bonds. The lowest BCUT2D eigenvalue weighted by atomic mass is 10.2. The second kappa shape index (κ2) is 9.95. The lowest BCUT2D eigenvalue weighted by Gasteiger charge is -2.32. The van der Waals surface area contributed by atoms with Crippen LogP contribution < -0.4 is 10.1 Å². The fourth-order valence-electron chi connectivity index (χ4n) is 4.08. The summed E-state index contributed by atoms with van der Waals surface area (Å²) in [6.07, 6.45) is 3.15. The summed E-state index contributed by atoms with van der Waals surface area (Å²) in [5.41, 5.74) is 1.95. The number of morpholine rings is 1. The summed E-state index contributed by atoms with van der Waals surface area (Å²) < 4.78 is 12.6. The van der Waals surface area contributed by atoms with E-state index in [9.17, 15) is 0 Å². The highest BCUT2D eigenvalue weighted by Gasteiger charge is 2.30. The number of rotatable bonds is 6. The number of ether oxygens (including phenoxy) is 2. The van der Waals surface area contributed by atoms with E-state index >= 15 is 0 Å². The highest BCUT2D eigenvalue weighted by atomic mass is 16.5. The minimum atomic E-state index is 0.560. The molecule has 1 unspecified atom stereocenters. The molecule has 1 atom stereocenters. The van der Waals surface area contributed by atoms with Crippen LogP contribution in [-0.4, -0.2) is 84.6 Å². The quantitative estimate of drug-likeness (QED) is 0.576. The van der Waals surface area contributed by atoms with Crippen LogP contribution in [0.2, 0.25) is 0 Å². The number of aromatic nitrogens is 2. The van der Waals surface area contributed by atoms with Crippen LogP contribution in [-0.2, 0) is 11.3 Å². The number of benzene rings is 1. The minimum Gasteiger partial charge on any atom is -0.497 e. The van der Waals surface area contributed by atoms with Gasteiger partial charge in [0.1, 0.15) is 5.75 Å². The Hall–Kier alpha value is -2.58. The summed E-state index contributed by atoms with van der Waals surface area (Å²) in [7, 11) is 1.67. The molecule has 2 aliphatic heterocycles. The number of likely N-dealkylation sites (tertiary alicyclic amines) is 1. The van der Waals surface area contributed by atoms with Gasteiger partial charge in [-0.15, -0.1) is 0 Å². The molecule has 8 nitrogen and oxygen atoms in total. The maximum Gasteiger partial charge on any atom is 0.194 e. The lowest BCUT2D eigenvalue weighted by molar-refractivity contribution is 0.0195. The van der Waals surface area contributed by atoms with E-state index in [0.29, 0.717) is 12.6 Å². The number of aliphatic imine (C=N–C) groups is 1. The number of nitrogens with one attached hydrogen (secondary N) is 1. The molecule has 2 aromatic rings. The zero-order valence-corrected chi connectivity index (χ0v) is 18.0. The van der Waals surface area contributed by atoms with Crippen LogP contribution in [0.3, 0.4) is 0 Å². The van der Waals surface area contributed by atoms with Gasteiger partial charge in [0.2, 0.25) is 0 Å². The Morgan fingerprint density at radius 3 is 2.73 bits per heavy atom. The van der Waals surface area contributed by atoms with E-state index in [1.807, 2.05) is 41.2 Å². The summed E-state index contributed by atoms with van der Waals surface area (Å²) in [6, 6.07) is 10.5. The first-order chi connectivity index (χ1) is 14.8. The van der Waals surface area contributed by atoms with Gasteiger partial charge < -0.3 is 19.7 Å². The Bertz CT molecular complexity index is 828. The number of guanidine groups is 1. The maximum atomic E-state index is 5.50. The summed E-state index contributed by atoms with van der Waals surface area (Å²) in [4.78, 5) is 9.81. The van der Waals surface area contributed by atoms with E-state index in [-0.39, 0.29) is 0 Å². The second-order valence-electron chi connectivity index (χ2n) is 7.66. The van der Waals surface area contributed by atoms with Crippen molar-refractivity contribution in [3.63, 3.8) is 0 Å². The van der Waals surface area contributed by atoms with E-state index in [1.54, 1.807) is 7.11 Å². The third-order valence-corrected chi connectivity index (χ3v) is 5.73. The molecule has 0 aliphatic carbocycles. The Morgan fingerprint density at radius 2 is 2.00 bits per heavy atom. The summed E-state index contributed by atoms with van der Waals surface area (Å²) in [5, 5.41) is 8.14. The molecule has 162 valence electrons. The van der Waals surface area contributed by atoms with Crippen LogP contribution in [0.15, 0.2) is 41.5 Å². The number of hydrogen-bond donors (Lipinski definition) is 1. The summed E-state index contributed by atoms with van der Waals surface area (Å²) in [5.74, 6) is 1.82. The van der Waals surface area contributed by atoms with Crippen molar-refractivity contribution < 1.29 is 9.47 Å². The third kappa shape index (κ3) is 4.94. The van der Waals surface area contributed by atoms with Crippen molar-refractivity contribution >= 4 is 5.96 Å². The largest absolute Gasteiger partial charge is 0.497 e. The van der Waals surface area contributed by atoms with Crippen molar-refractivity contribution in [3.8, 4) is 11.4 Å². The molecule has 0 bridgehead atoms. The van der Waals surface area contributed by atoms with Crippen molar-refractivity contribution in [2.75, 3.05) is 53.0 Å². The standard InChI is InChI=1S/C22H32N6O2/c1-3-23-22(27-10-9-20(17-27)26-12-14-30-15-13-26)24-16-18-8-11-28(25-18)19-4-6-21(29-2)7-5-19/h4-8,11,20H,3,9-10,12-17H2,1-2H3,(H,23,24). The topological polar surface area (TPSA) is 67.2 Å². The molecule has 2 fully saturated rings. The molecule has 3 heterocycles. The van der Waals surface area contributed by atoms with Gasteiger partial charge in [0.25, 0.3) is 0 Å². The molecule has 1 aromatic heterocycles. The summed E-state index contributed by atoms with van der Waals surface area (Å²) >= 11 is 0. The van der Waals surface area contributed by atoms with Gasteiger partial charge in [0.15, 0.2) is 5.96 Å². The molecule has 4 rings (SSSR count).